The average Bonchev–Trinajstić information content (AvgIpc) is 3.04. The van der Waals surface area contributed by atoms with Gasteiger partial charge < -0.3 is 15.2 Å². The SMILES string of the molecule is CCCCNC(=O)[C@@H]1CSCN1C(=O)c1[nH]c(C)cc1C. The van der Waals surface area contributed by atoms with E-state index in [1.165, 1.54) is 0 Å². The van der Waals surface area contributed by atoms with Gasteiger partial charge in [0, 0.05) is 18.0 Å². The molecule has 6 heteroatoms. The standard InChI is InChI=1S/C15H23N3O2S/c1-4-5-6-16-14(19)12-8-21-9-18(12)15(20)13-10(2)7-11(3)17-13/h7,12,17H,4-6,8-9H2,1-3H3,(H,16,19)/t12-/m0/s1. The topological polar surface area (TPSA) is 65.2 Å². The molecule has 1 fully saturated rings. The largest absolute Gasteiger partial charge is 0.354 e. The van der Waals surface area contributed by atoms with Gasteiger partial charge in [0.15, 0.2) is 0 Å². The van der Waals surface area contributed by atoms with Gasteiger partial charge in [-0.2, -0.15) is 0 Å². The Morgan fingerprint density at radius 3 is 2.86 bits per heavy atom. The number of aryl methyl sites for hydroxylation is 2. The van der Waals surface area contributed by atoms with Gasteiger partial charge in [-0.25, -0.2) is 0 Å². The van der Waals surface area contributed by atoms with Crippen molar-refractivity contribution in [1.29, 1.82) is 0 Å². The van der Waals surface area contributed by atoms with Crippen molar-refractivity contribution in [3.8, 4) is 0 Å². The number of H-pyrrole nitrogens is 1. The van der Waals surface area contributed by atoms with Crippen LogP contribution in [0.2, 0.25) is 0 Å². The summed E-state index contributed by atoms with van der Waals surface area (Å²) in [4.78, 5) is 29.6. The van der Waals surface area contributed by atoms with Crippen molar-refractivity contribution in [3.63, 3.8) is 0 Å². The van der Waals surface area contributed by atoms with Gasteiger partial charge in [0.25, 0.3) is 5.91 Å². The molecule has 0 aromatic carbocycles. The van der Waals surface area contributed by atoms with Crippen LogP contribution in [-0.4, -0.2) is 45.9 Å². The van der Waals surface area contributed by atoms with Gasteiger partial charge in [-0.05, 0) is 31.9 Å². The van der Waals surface area contributed by atoms with E-state index < -0.39 is 0 Å². The van der Waals surface area contributed by atoms with E-state index in [0.29, 0.717) is 23.9 Å². The third-order valence-electron chi connectivity index (χ3n) is 3.64. The normalized spacial score (nSPS) is 18.0. The molecule has 21 heavy (non-hydrogen) atoms. The van der Waals surface area contributed by atoms with Crippen LogP contribution in [0, 0.1) is 13.8 Å². The highest BCUT2D eigenvalue weighted by Gasteiger charge is 2.35. The first-order valence-electron chi connectivity index (χ1n) is 7.37. The number of rotatable bonds is 5. The fourth-order valence-corrected chi connectivity index (χ4v) is 3.61. The second-order valence-corrected chi connectivity index (χ2v) is 6.45. The molecular formula is C15H23N3O2S. The van der Waals surface area contributed by atoms with Crippen LogP contribution < -0.4 is 5.32 Å². The Labute approximate surface area is 129 Å². The minimum Gasteiger partial charge on any atom is -0.354 e. The van der Waals surface area contributed by atoms with Crippen molar-refractivity contribution in [1.82, 2.24) is 15.2 Å². The van der Waals surface area contributed by atoms with E-state index in [1.807, 2.05) is 19.9 Å². The quantitative estimate of drug-likeness (QED) is 0.818. The van der Waals surface area contributed by atoms with Crippen LogP contribution in [-0.2, 0) is 4.79 Å². The second-order valence-electron chi connectivity index (χ2n) is 5.45. The van der Waals surface area contributed by atoms with Crippen molar-refractivity contribution in [2.24, 2.45) is 0 Å². The number of carbonyl (C=O) groups excluding carboxylic acids is 2. The van der Waals surface area contributed by atoms with Crippen LogP contribution in [0.5, 0.6) is 0 Å². The molecule has 1 aliphatic heterocycles. The summed E-state index contributed by atoms with van der Waals surface area (Å²) in [6, 6.07) is 1.59. The molecule has 5 nitrogen and oxygen atoms in total. The van der Waals surface area contributed by atoms with E-state index in [4.69, 9.17) is 0 Å². The van der Waals surface area contributed by atoms with Crippen LogP contribution in [0.15, 0.2) is 6.07 Å². The molecule has 116 valence electrons. The molecule has 1 aliphatic rings. The average molecular weight is 309 g/mol. The molecule has 2 amide bonds. The fraction of sp³-hybridized carbons (Fsp3) is 0.600. The zero-order chi connectivity index (χ0) is 15.4. The lowest BCUT2D eigenvalue weighted by atomic mass is 10.2. The summed E-state index contributed by atoms with van der Waals surface area (Å²) in [5.41, 5.74) is 2.49. The number of unbranched alkanes of at least 4 members (excludes halogenated alkanes) is 1. The smallest absolute Gasteiger partial charge is 0.271 e. The molecule has 2 rings (SSSR count). The Bertz CT molecular complexity index is 527. The van der Waals surface area contributed by atoms with E-state index in [1.54, 1.807) is 16.7 Å². The first-order valence-corrected chi connectivity index (χ1v) is 8.52. The summed E-state index contributed by atoms with van der Waals surface area (Å²) in [5.74, 6) is 1.12. The van der Waals surface area contributed by atoms with E-state index in [9.17, 15) is 9.59 Å². The molecule has 2 heterocycles. The van der Waals surface area contributed by atoms with Gasteiger partial charge in [-0.15, -0.1) is 11.8 Å². The summed E-state index contributed by atoms with van der Waals surface area (Å²) >= 11 is 1.62. The van der Waals surface area contributed by atoms with Crippen molar-refractivity contribution < 1.29 is 9.59 Å². The number of nitrogens with zero attached hydrogens (tertiary/aromatic N) is 1. The van der Waals surface area contributed by atoms with Crippen LogP contribution in [0.1, 0.15) is 41.5 Å². The number of aromatic amines is 1. The summed E-state index contributed by atoms with van der Waals surface area (Å²) < 4.78 is 0. The molecule has 1 aromatic heterocycles. The highest BCUT2D eigenvalue weighted by Crippen LogP contribution is 2.24. The number of carbonyl (C=O) groups is 2. The van der Waals surface area contributed by atoms with Crippen LogP contribution in [0.25, 0.3) is 0 Å². The van der Waals surface area contributed by atoms with Crippen molar-refractivity contribution >= 4 is 23.6 Å². The lowest BCUT2D eigenvalue weighted by molar-refractivity contribution is -0.124. The van der Waals surface area contributed by atoms with Gasteiger partial charge >= 0.3 is 0 Å². The van der Waals surface area contributed by atoms with Crippen molar-refractivity contribution in [3.05, 3.63) is 23.0 Å². The van der Waals surface area contributed by atoms with Crippen molar-refractivity contribution in [2.75, 3.05) is 18.2 Å². The second kappa shape index (κ2) is 7.02. The first-order chi connectivity index (χ1) is 10.0. The Morgan fingerprint density at radius 2 is 2.24 bits per heavy atom. The first kappa shape index (κ1) is 15.9. The lowest BCUT2D eigenvalue weighted by Crippen LogP contribution is -2.47. The van der Waals surface area contributed by atoms with E-state index in [-0.39, 0.29) is 17.9 Å². The third kappa shape index (κ3) is 3.61. The molecule has 0 spiro atoms. The minimum atomic E-state index is -0.359. The number of amides is 2. The summed E-state index contributed by atoms with van der Waals surface area (Å²) in [7, 11) is 0. The molecule has 1 saturated heterocycles. The molecule has 0 bridgehead atoms. The monoisotopic (exact) mass is 309 g/mol. The number of hydrogen-bond donors (Lipinski definition) is 2. The molecular weight excluding hydrogens is 286 g/mol. The number of nitrogens with one attached hydrogen (secondary N) is 2. The fourth-order valence-electron chi connectivity index (χ4n) is 2.46. The van der Waals surface area contributed by atoms with Gasteiger partial charge in [-0.1, -0.05) is 13.3 Å². The highest BCUT2D eigenvalue weighted by molar-refractivity contribution is 7.99. The summed E-state index contributed by atoms with van der Waals surface area (Å²) in [5, 5.41) is 2.93. The van der Waals surface area contributed by atoms with Gasteiger partial charge in [0.2, 0.25) is 5.91 Å². The maximum absolute atomic E-state index is 12.6. The van der Waals surface area contributed by atoms with Gasteiger partial charge in [-0.3, -0.25) is 9.59 Å². The minimum absolute atomic E-state index is 0.0391. The molecule has 1 atom stereocenters. The Morgan fingerprint density at radius 1 is 1.48 bits per heavy atom. The van der Waals surface area contributed by atoms with E-state index in [2.05, 4.69) is 17.2 Å². The lowest BCUT2D eigenvalue weighted by Gasteiger charge is -2.23. The Kier molecular flexibility index (Phi) is 5.33. The summed E-state index contributed by atoms with van der Waals surface area (Å²) in [6.45, 7) is 6.61. The Balaban J connectivity index is 2.06. The predicted molar refractivity (Wildman–Crippen MR) is 85.5 cm³/mol. The third-order valence-corrected chi connectivity index (χ3v) is 4.65. The maximum atomic E-state index is 12.6. The highest BCUT2D eigenvalue weighted by atomic mass is 32.2. The molecule has 0 aliphatic carbocycles. The predicted octanol–water partition coefficient (Wildman–Crippen LogP) is 2.06. The van der Waals surface area contributed by atoms with Crippen molar-refractivity contribution in [2.45, 2.75) is 39.7 Å². The van der Waals surface area contributed by atoms with Gasteiger partial charge in [0.05, 0.1) is 5.88 Å². The van der Waals surface area contributed by atoms with Crippen LogP contribution in [0.4, 0.5) is 0 Å². The summed E-state index contributed by atoms with van der Waals surface area (Å²) in [6.07, 6.45) is 2.01. The zero-order valence-corrected chi connectivity index (χ0v) is 13.7. The number of thioether (sulfide) groups is 1. The zero-order valence-electron chi connectivity index (χ0n) is 12.9. The van der Waals surface area contributed by atoms with Gasteiger partial charge in [0.1, 0.15) is 11.7 Å². The van der Waals surface area contributed by atoms with Crippen LogP contribution >= 0.6 is 11.8 Å². The molecule has 2 N–H and O–H groups in total. The molecule has 0 saturated carbocycles. The molecule has 1 aromatic rings. The van der Waals surface area contributed by atoms with E-state index >= 15 is 0 Å². The number of hydrogen-bond acceptors (Lipinski definition) is 3. The maximum Gasteiger partial charge on any atom is 0.271 e. The Hall–Kier alpha value is -1.43. The van der Waals surface area contributed by atoms with E-state index in [0.717, 1.165) is 24.1 Å². The molecule has 0 radical (unpaired) electrons. The number of aromatic nitrogens is 1. The van der Waals surface area contributed by atoms with Crippen LogP contribution in [0.3, 0.4) is 0 Å². The molecule has 0 unspecified atom stereocenters.